The van der Waals surface area contributed by atoms with Gasteiger partial charge in [0.2, 0.25) is 0 Å². The average Bonchev–Trinajstić information content (AvgIpc) is 2.75. The van der Waals surface area contributed by atoms with Gasteiger partial charge >= 0.3 is 0 Å². The lowest BCUT2D eigenvalue weighted by Gasteiger charge is -2.15. The van der Waals surface area contributed by atoms with Crippen molar-refractivity contribution in [2.45, 2.75) is 19.2 Å². The second-order valence-electron chi connectivity index (χ2n) is 4.48. The third-order valence-electron chi connectivity index (χ3n) is 3.07. The van der Waals surface area contributed by atoms with Gasteiger partial charge in [0.25, 0.3) is 5.91 Å². The highest BCUT2D eigenvalue weighted by Crippen LogP contribution is 2.18. The summed E-state index contributed by atoms with van der Waals surface area (Å²) in [6, 6.07) is 7.56. The summed E-state index contributed by atoms with van der Waals surface area (Å²) in [4.78, 5) is 14.0. The molecule has 1 aromatic rings. The first-order chi connectivity index (χ1) is 7.70. The van der Waals surface area contributed by atoms with Crippen molar-refractivity contribution in [2.75, 3.05) is 13.1 Å². The smallest absolute Gasteiger partial charge is 0.253 e. The lowest BCUT2D eigenvalue weighted by molar-refractivity contribution is 0.0788. The molecule has 1 atom stereocenters. The molecule has 0 N–H and O–H groups in total. The molecule has 0 saturated carbocycles. The van der Waals surface area contributed by atoms with Crippen LogP contribution in [0.2, 0.25) is 0 Å². The third-order valence-corrected chi connectivity index (χ3v) is 3.37. The van der Waals surface area contributed by atoms with E-state index >= 15 is 0 Å². The van der Waals surface area contributed by atoms with Crippen molar-refractivity contribution in [3.8, 4) is 0 Å². The second kappa shape index (κ2) is 4.88. The summed E-state index contributed by atoms with van der Waals surface area (Å²) in [5.41, 5.74) is 1.82. The zero-order valence-corrected chi connectivity index (χ0v) is 10.2. The van der Waals surface area contributed by atoms with Crippen LogP contribution >= 0.6 is 11.6 Å². The van der Waals surface area contributed by atoms with Crippen LogP contribution < -0.4 is 0 Å². The number of carbonyl (C=O) groups excluding carboxylic acids is 1. The van der Waals surface area contributed by atoms with E-state index in [2.05, 4.69) is 6.92 Å². The first-order valence-corrected chi connectivity index (χ1v) is 6.18. The molecule has 1 aliphatic heterocycles. The number of likely N-dealkylation sites (tertiary alicyclic amines) is 1. The predicted octanol–water partition coefficient (Wildman–Crippen LogP) is 2.91. The zero-order valence-electron chi connectivity index (χ0n) is 9.45. The molecule has 1 amide bonds. The molecule has 1 unspecified atom stereocenters. The minimum atomic E-state index is 0.144. The van der Waals surface area contributed by atoms with Crippen molar-refractivity contribution in [2.24, 2.45) is 5.92 Å². The maximum Gasteiger partial charge on any atom is 0.253 e. The minimum Gasteiger partial charge on any atom is -0.338 e. The molecular formula is C13H16ClNO. The van der Waals surface area contributed by atoms with Crippen LogP contribution in [0, 0.1) is 5.92 Å². The Morgan fingerprint density at radius 3 is 2.62 bits per heavy atom. The van der Waals surface area contributed by atoms with Gasteiger partial charge < -0.3 is 4.90 Å². The highest BCUT2D eigenvalue weighted by Gasteiger charge is 2.23. The average molecular weight is 238 g/mol. The summed E-state index contributed by atoms with van der Waals surface area (Å²) in [6.45, 7) is 3.96. The van der Waals surface area contributed by atoms with Gasteiger partial charge in [-0.2, -0.15) is 0 Å². The lowest BCUT2D eigenvalue weighted by atomic mass is 10.1. The van der Waals surface area contributed by atoms with Crippen LogP contribution in [0.1, 0.15) is 29.3 Å². The molecule has 1 aromatic carbocycles. The first-order valence-electron chi connectivity index (χ1n) is 5.65. The van der Waals surface area contributed by atoms with E-state index in [1.54, 1.807) is 0 Å². The van der Waals surface area contributed by atoms with Crippen molar-refractivity contribution in [1.29, 1.82) is 0 Å². The van der Waals surface area contributed by atoms with Crippen LogP contribution in [0.15, 0.2) is 24.3 Å². The largest absolute Gasteiger partial charge is 0.338 e. The van der Waals surface area contributed by atoms with E-state index in [1.165, 1.54) is 0 Å². The lowest BCUT2D eigenvalue weighted by Crippen LogP contribution is -2.28. The quantitative estimate of drug-likeness (QED) is 0.725. The Morgan fingerprint density at radius 2 is 2.12 bits per heavy atom. The van der Waals surface area contributed by atoms with Gasteiger partial charge in [-0.25, -0.2) is 0 Å². The zero-order chi connectivity index (χ0) is 11.5. The van der Waals surface area contributed by atoms with E-state index in [0.717, 1.165) is 30.6 Å². The van der Waals surface area contributed by atoms with E-state index in [0.29, 0.717) is 11.8 Å². The van der Waals surface area contributed by atoms with Crippen molar-refractivity contribution in [3.63, 3.8) is 0 Å². The van der Waals surface area contributed by atoms with Crippen molar-refractivity contribution in [1.82, 2.24) is 4.90 Å². The summed E-state index contributed by atoms with van der Waals surface area (Å²) in [5, 5.41) is 0. The summed E-state index contributed by atoms with van der Waals surface area (Å²) in [5.74, 6) is 1.27. The van der Waals surface area contributed by atoms with Gasteiger partial charge in [-0.05, 0) is 30.0 Å². The number of halogens is 1. The number of rotatable bonds is 2. The van der Waals surface area contributed by atoms with Gasteiger partial charge in [0.05, 0.1) is 0 Å². The molecule has 1 fully saturated rings. The second-order valence-corrected chi connectivity index (χ2v) is 4.74. The molecule has 0 aliphatic carbocycles. The highest BCUT2D eigenvalue weighted by atomic mass is 35.5. The number of amides is 1. The number of alkyl halides is 1. The monoisotopic (exact) mass is 237 g/mol. The minimum absolute atomic E-state index is 0.144. The molecule has 1 saturated heterocycles. The number of carbonyl (C=O) groups is 1. The molecule has 0 aromatic heterocycles. The van der Waals surface area contributed by atoms with Gasteiger partial charge in [-0.1, -0.05) is 19.1 Å². The number of benzene rings is 1. The van der Waals surface area contributed by atoms with Crippen molar-refractivity contribution >= 4 is 17.5 Å². The predicted molar refractivity (Wildman–Crippen MR) is 65.7 cm³/mol. The molecule has 16 heavy (non-hydrogen) atoms. The SMILES string of the molecule is CC1CCN(C(=O)c2ccc(CCl)cc2)C1. The Balaban J connectivity index is 2.08. The van der Waals surface area contributed by atoms with Gasteiger partial charge in [-0.3, -0.25) is 4.79 Å². The van der Waals surface area contributed by atoms with Crippen molar-refractivity contribution in [3.05, 3.63) is 35.4 Å². The van der Waals surface area contributed by atoms with Crippen LogP contribution in [0.5, 0.6) is 0 Å². The van der Waals surface area contributed by atoms with Gasteiger partial charge in [0.1, 0.15) is 0 Å². The summed E-state index contributed by atoms with van der Waals surface area (Å²) >= 11 is 5.71. The summed E-state index contributed by atoms with van der Waals surface area (Å²) in [6.07, 6.45) is 1.12. The van der Waals surface area contributed by atoms with Gasteiger partial charge in [0, 0.05) is 24.5 Å². The molecule has 3 heteroatoms. The number of nitrogens with zero attached hydrogens (tertiary/aromatic N) is 1. The normalized spacial score (nSPS) is 20.1. The van der Waals surface area contributed by atoms with Crippen LogP contribution in [0.25, 0.3) is 0 Å². The fourth-order valence-electron chi connectivity index (χ4n) is 2.04. The molecule has 1 heterocycles. The molecular weight excluding hydrogens is 222 g/mol. The maximum absolute atomic E-state index is 12.1. The molecule has 2 nitrogen and oxygen atoms in total. The Morgan fingerprint density at radius 1 is 1.44 bits per heavy atom. The van der Waals surface area contributed by atoms with Crippen LogP contribution in [0.3, 0.4) is 0 Å². The van der Waals surface area contributed by atoms with E-state index in [1.807, 2.05) is 29.2 Å². The molecule has 2 rings (SSSR count). The number of hydrogen-bond donors (Lipinski definition) is 0. The summed E-state index contributed by atoms with van der Waals surface area (Å²) < 4.78 is 0. The molecule has 1 aliphatic rings. The highest BCUT2D eigenvalue weighted by molar-refractivity contribution is 6.17. The van der Waals surface area contributed by atoms with Crippen LogP contribution in [-0.4, -0.2) is 23.9 Å². The van der Waals surface area contributed by atoms with E-state index in [9.17, 15) is 4.79 Å². The Bertz CT molecular complexity index is 374. The Kier molecular flexibility index (Phi) is 3.49. The van der Waals surface area contributed by atoms with E-state index < -0.39 is 0 Å². The van der Waals surface area contributed by atoms with Crippen LogP contribution in [-0.2, 0) is 5.88 Å². The van der Waals surface area contributed by atoms with E-state index in [4.69, 9.17) is 11.6 Å². The summed E-state index contributed by atoms with van der Waals surface area (Å²) in [7, 11) is 0. The topological polar surface area (TPSA) is 20.3 Å². The fourth-order valence-corrected chi connectivity index (χ4v) is 2.22. The van der Waals surface area contributed by atoms with Crippen molar-refractivity contribution < 1.29 is 4.79 Å². The van der Waals surface area contributed by atoms with Crippen LogP contribution in [0.4, 0.5) is 0 Å². The Labute approximate surface area is 101 Å². The standard InChI is InChI=1S/C13H16ClNO/c1-10-6-7-15(9-10)13(16)12-4-2-11(8-14)3-5-12/h2-5,10H,6-9H2,1H3. The number of hydrogen-bond acceptors (Lipinski definition) is 1. The molecule has 0 radical (unpaired) electrons. The third kappa shape index (κ3) is 2.38. The molecule has 0 spiro atoms. The van der Waals surface area contributed by atoms with E-state index in [-0.39, 0.29) is 5.91 Å². The van der Waals surface area contributed by atoms with Gasteiger partial charge in [0.15, 0.2) is 0 Å². The van der Waals surface area contributed by atoms with Gasteiger partial charge in [-0.15, -0.1) is 11.6 Å². The Hall–Kier alpha value is -1.02. The first kappa shape index (κ1) is 11.5. The fraction of sp³-hybridized carbons (Fsp3) is 0.462. The molecule has 86 valence electrons. The maximum atomic E-state index is 12.1. The molecule has 0 bridgehead atoms.